The van der Waals surface area contributed by atoms with Gasteiger partial charge in [0.15, 0.2) is 0 Å². The summed E-state index contributed by atoms with van der Waals surface area (Å²) in [4.78, 5) is 29.6. The Bertz CT molecular complexity index is 412. The summed E-state index contributed by atoms with van der Waals surface area (Å²) in [6.07, 6.45) is 4.93. The van der Waals surface area contributed by atoms with Crippen LogP contribution in [-0.4, -0.2) is 45.6 Å². The first-order valence-electron chi connectivity index (χ1n) is 5.90. The Morgan fingerprint density at radius 3 is 3.00 bits per heavy atom. The number of hydrogen-bond donors (Lipinski definition) is 4. The van der Waals surface area contributed by atoms with E-state index in [1.807, 2.05) is 0 Å². The molecule has 1 aliphatic rings. The van der Waals surface area contributed by atoms with Crippen molar-refractivity contribution in [2.24, 2.45) is 0 Å². The number of H-pyrrole nitrogens is 1. The molecule has 0 saturated carbocycles. The number of nitrogens with zero attached hydrogens (tertiary/aromatic N) is 1. The fourth-order valence-corrected chi connectivity index (χ4v) is 2.00. The van der Waals surface area contributed by atoms with Crippen LogP contribution < -0.4 is 10.6 Å². The molecule has 7 heteroatoms. The van der Waals surface area contributed by atoms with Gasteiger partial charge in [0.05, 0.1) is 12.4 Å². The van der Waals surface area contributed by atoms with Crippen molar-refractivity contribution in [3.8, 4) is 0 Å². The molecule has 0 bridgehead atoms. The lowest BCUT2D eigenvalue weighted by molar-refractivity contribution is -0.142. The van der Waals surface area contributed by atoms with E-state index >= 15 is 0 Å². The second kappa shape index (κ2) is 5.63. The molecule has 18 heavy (non-hydrogen) atoms. The van der Waals surface area contributed by atoms with Crippen LogP contribution in [0.15, 0.2) is 12.5 Å². The highest BCUT2D eigenvalue weighted by molar-refractivity contribution is 5.87. The second-order valence-corrected chi connectivity index (χ2v) is 4.33. The van der Waals surface area contributed by atoms with Crippen molar-refractivity contribution in [3.05, 3.63) is 18.2 Å². The lowest BCUT2D eigenvalue weighted by Gasteiger charge is -2.16. The number of aliphatic carboxylic acids is 1. The Labute approximate surface area is 104 Å². The Hall–Kier alpha value is -1.89. The Balaban J connectivity index is 1.93. The lowest BCUT2D eigenvalue weighted by Crippen LogP contribution is -2.49. The van der Waals surface area contributed by atoms with Gasteiger partial charge in [-0.25, -0.2) is 9.78 Å². The van der Waals surface area contributed by atoms with Crippen molar-refractivity contribution >= 4 is 11.9 Å². The monoisotopic (exact) mass is 252 g/mol. The molecule has 1 aromatic rings. The van der Waals surface area contributed by atoms with Crippen molar-refractivity contribution in [1.29, 1.82) is 0 Å². The van der Waals surface area contributed by atoms with E-state index in [0.29, 0.717) is 5.69 Å². The minimum atomic E-state index is -1.05. The molecule has 2 heterocycles. The van der Waals surface area contributed by atoms with Crippen LogP contribution in [0.4, 0.5) is 0 Å². The molecule has 4 N–H and O–H groups in total. The quantitative estimate of drug-likeness (QED) is 0.553. The zero-order chi connectivity index (χ0) is 13.0. The standard InChI is InChI=1S/C11H16N4O3/c16-10(8-2-1-3-13-8)15-9(11(17)18)4-7-5-12-6-14-7/h5-6,8-9,13H,1-4H2,(H,12,14)(H,15,16)(H,17,18)/t8-,9?/m0/s1. The summed E-state index contributed by atoms with van der Waals surface area (Å²) in [7, 11) is 0. The summed E-state index contributed by atoms with van der Waals surface area (Å²) in [5.41, 5.74) is 0.682. The first-order chi connectivity index (χ1) is 8.66. The van der Waals surface area contributed by atoms with Gasteiger partial charge in [-0.3, -0.25) is 4.79 Å². The summed E-state index contributed by atoms with van der Waals surface area (Å²) < 4.78 is 0. The number of carboxylic acid groups (broad SMARTS) is 1. The molecule has 0 radical (unpaired) electrons. The Kier molecular flexibility index (Phi) is 3.93. The fourth-order valence-electron chi connectivity index (χ4n) is 2.00. The van der Waals surface area contributed by atoms with Crippen LogP contribution in [0.3, 0.4) is 0 Å². The molecule has 1 amide bonds. The first kappa shape index (κ1) is 12.6. The summed E-state index contributed by atoms with van der Waals surface area (Å²) in [5, 5.41) is 14.7. The minimum absolute atomic E-state index is 0.202. The largest absolute Gasteiger partial charge is 0.480 e. The highest BCUT2D eigenvalue weighted by Gasteiger charge is 2.27. The molecule has 1 aliphatic heterocycles. The number of aromatic amines is 1. The van der Waals surface area contributed by atoms with Gasteiger partial charge in [0.2, 0.25) is 5.91 Å². The number of carbonyl (C=O) groups is 2. The van der Waals surface area contributed by atoms with Crippen molar-refractivity contribution < 1.29 is 14.7 Å². The van der Waals surface area contributed by atoms with E-state index in [9.17, 15) is 9.59 Å². The van der Waals surface area contributed by atoms with Crippen molar-refractivity contribution in [2.75, 3.05) is 6.54 Å². The zero-order valence-electron chi connectivity index (χ0n) is 9.85. The zero-order valence-corrected chi connectivity index (χ0v) is 9.85. The van der Waals surface area contributed by atoms with E-state index in [0.717, 1.165) is 19.4 Å². The molecule has 1 aromatic heterocycles. The van der Waals surface area contributed by atoms with Gasteiger partial charge in [-0.15, -0.1) is 0 Å². The molecule has 2 atom stereocenters. The van der Waals surface area contributed by atoms with E-state index in [1.54, 1.807) is 6.20 Å². The van der Waals surface area contributed by atoms with E-state index in [4.69, 9.17) is 5.11 Å². The molecule has 0 spiro atoms. The van der Waals surface area contributed by atoms with Gasteiger partial charge in [0.1, 0.15) is 6.04 Å². The number of amides is 1. The Morgan fingerprint density at radius 1 is 1.61 bits per heavy atom. The smallest absolute Gasteiger partial charge is 0.326 e. The maximum absolute atomic E-state index is 11.8. The number of hydrogen-bond acceptors (Lipinski definition) is 4. The maximum atomic E-state index is 11.8. The molecular formula is C11H16N4O3. The minimum Gasteiger partial charge on any atom is -0.480 e. The van der Waals surface area contributed by atoms with Crippen LogP contribution in [0.25, 0.3) is 0 Å². The average Bonchev–Trinajstić information content (AvgIpc) is 3.00. The molecule has 7 nitrogen and oxygen atoms in total. The highest BCUT2D eigenvalue weighted by Crippen LogP contribution is 2.06. The third-order valence-electron chi connectivity index (χ3n) is 2.97. The lowest BCUT2D eigenvalue weighted by atomic mass is 10.1. The number of carbonyl (C=O) groups excluding carboxylic acids is 1. The molecule has 2 rings (SSSR count). The molecule has 1 unspecified atom stereocenters. The van der Waals surface area contributed by atoms with Crippen LogP contribution in [0, 0.1) is 0 Å². The summed E-state index contributed by atoms with van der Waals surface area (Å²) >= 11 is 0. The summed E-state index contributed by atoms with van der Waals surface area (Å²) in [5.74, 6) is -1.30. The van der Waals surface area contributed by atoms with Gasteiger partial charge < -0.3 is 20.7 Å². The number of aromatic nitrogens is 2. The van der Waals surface area contributed by atoms with Crippen LogP contribution in [-0.2, 0) is 16.0 Å². The van der Waals surface area contributed by atoms with E-state index in [2.05, 4.69) is 20.6 Å². The summed E-state index contributed by atoms with van der Waals surface area (Å²) in [6.45, 7) is 0.802. The summed E-state index contributed by atoms with van der Waals surface area (Å²) in [6, 6.07) is -1.20. The second-order valence-electron chi connectivity index (χ2n) is 4.33. The molecule has 1 saturated heterocycles. The topological polar surface area (TPSA) is 107 Å². The predicted octanol–water partition coefficient (Wildman–Crippen LogP) is -0.726. The third kappa shape index (κ3) is 3.07. The number of nitrogens with one attached hydrogen (secondary N) is 3. The van der Waals surface area contributed by atoms with E-state index in [1.165, 1.54) is 6.33 Å². The maximum Gasteiger partial charge on any atom is 0.326 e. The highest BCUT2D eigenvalue weighted by atomic mass is 16.4. The average molecular weight is 252 g/mol. The van der Waals surface area contributed by atoms with Gasteiger partial charge in [-0.2, -0.15) is 0 Å². The van der Waals surface area contributed by atoms with E-state index in [-0.39, 0.29) is 18.4 Å². The fraction of sp³-hybridized carbons (Fsp3) is 0.545. The van der Waals surface area contributed by atoms with Gasteiger partial charge >= 0.3 is 5.97 Å². The van der Waals surface area contributed by atoms with Crippen LogP contribution in [0.5, 0.6) is 0 Å². The third-order valence-corrected chi connectivity index (χ3v) is 2.97. The normalized spacial score (nSPS) is 20.6. The van der Waals surface area contributed by atoms with Crippen LogP contribution in [0.2, 0.25) is 0 Å². The number of carboxylic acids is 1. The van der Waals surface area contributed by atoms with Gasteiger partial charge in [0.25, 0.3) is 0 Å². The van der Waals surface area contributed by atoms with Gasteiger partial charge in [-0.05, 0) is 19.4 Å². The first-order valence-corrected chi connectivity index (χ1v) is 5.90. The van der Waals surface area contributed by atoms with E-state index < -0.39 is 12.0 Å². The van der Waals surface area contributed by atoms with Crippen LogP contribution >= 0.6 is 0 Å². The number of imidazole rings is 1. The van der Waals surface area contributed by atoms with Gasteiger partial charge in [0, 0.05) is 18.3 Å². The van der Waals surface area contributed by atoms with Gasteiger partial charge in [-0.1, -0.05) is 0 Å². The molecular weight excluding hydrogens is 236 g/mol. The van der Waals surface area contributed by atoms with Crippen LogP contribution in [0.1, 0.15) is 18.5 Å². The number of rotatable bonds is 5. The molecule has 0 aliphatic carbocycles. The Morgan fingerprint density at radius 2 is 2.44 bits per heavy atom. The van der Waals surface area contributed by atoms with Crippen molar-refractivity contribution in [3.63, 3.8) is 0 Å². The molecule has 1 fully saturated rings. The molecule has 0 aromatic carbocycles. The molecule has 98 valence electrons. The SMILES string of the molecule is O=C(O)C(Cc1cnc[nH]1)NC(=O)[C@@H]1CCCN1. The predicted molar refractivity (Wildman–Crippen MR) is 62.9 cm³/mol. The van der Waals surface area contributed by atoms with Crippen molar-refractivity contribution in [2.45, 2.75) is 31.3 Å². The van der Waals surface area contributed by atoms with Crippen molar-refractivity contribution in [1.82, 2.24) is 20.6 Å².